The molecule has 7 nitrogen and oxygen atoms in total. The molecule has 0 fully saturated rings. The first-order valence-corrected chi connectivity index (χ1v) is 10.6. The number of fused-ring (bicyclic) bond motifs is 1. The first-order valence-electron chi connectivity index (χ1n) is 10.6. The number of hydrogen-bond donors (Lipinski definition) is 1. The van der Waals surface area contributed by atoms with Crippen LogP contribution in [-0.4, -0.2) is 18.8 Å². The molecule has 4 rings (SSSR count). The number of pyridine rings is 1. The van der Waals surface area contributed by atoms with Crippen LogP contribution in [0.2, 0.25) is 0 Å². The number of benzene rings is 2. The Balaban J connectivity index is 1.85. The van der Waals surface area contributed by atoms with Crippen molar-refractivity contribution in [3.05, 3.63) is 98.8 Å². The van der Waals surface area contributed by atoms with Crippen molar-refractivity contribution in [2.24, 2.45) is 5.73 Å². The van der Waals surface area contributed by atoms with Gasteiger partial charge in [-0.3, -0.25) is 4.79 Å². The summed E-state index contributed by atoms with van der Waals surface area (Å²) >= 11 is 0. The molecule has 0 unspecified atom stereocenters. The molecule has 0 amide bonds. The van der Waals surface area contributed by atoms with E-state index in [0.29, 0.717) is 41.3 Å². The zero-order chi connectivity index (χ0) is 23.5. The monoisotopic (exact) mass is 443 g/mol. The van der Waals surface area contributed by atoms with Gasteiger partial charge in [-0.1, -0.05) is 36.4 Å². The topological polar surface area (TPSA) is 99.5 Å². The summed E-state index contributed by atoms with van der Waals surface area (Å²) in [5.41, 5.74) is 9.04. The van der Waals surface area contributed by atoms with Gasteiger partial charge in [-0.15, -0.1) is 0 Å². The third-order valence-electron chi connectivity index (χ3n) is 5.90. The average molecular weight is 444 g/mol. The van der Waals surface area contributed by atoms with Gasteiger partial charge in [0.2, 0.25) is 5.88 Å². The van der Waals surface area contributed by atoms with E-state index in [9.17, 15) is 10.1 Å². The number of nitrogens with two attached hydrogens (primary N) is 1. The standard InChI is InChI=1S/C26H25N3O4/c1-16-13-22-24(26(30)29(16)12-11-17-7-5-4-6-8-17)23(19(15-27)25(28)33-22)18-9-10-20(31-2)21(14-18)32-3/h4-10,13-14,23H,11-12,28H2,1-3H3/t23-/m1/s1. The van der Waals surface area contributed by atoms with Gasteiger partial charge in [-0.05, 0) is 36.6 Å². The van der Waals surface area contributed by atoms with Crippen molar-refractivity contribution < 1.29 is 14.2 Å². The Kier molecular flexibility index (Phi) is 6.09. The van der Waals surface area contributed by atoms with Gasteiger partial charge in [0.15, 0.2) is 11.5 Å². The summed E-state index contributed by atoms with van der Waals surface area (Å²) in [7, 11) is 3.09. The number of hydrogen-bond acceptors (Lipinski definition) is 6. The molecular weight excluding hydrogens is 418 g/mol. The van der Waals surface area contributed by atoms with Crippen molar-refractivity contribution in [1.29, 1.82) is 5.26 Å². The van der Waals surface area contributed by atoms with Crippen LogP contribution < -0.4 is 25.5 Å². The zero-order valence-corrected chi connectivity index (χ0v) is 18.8. The van der Waals surface area contributed by atoms with Gasteiger partial charge in [-0.2, -0.15) is 5.26 Å². The van der Waals surface area contributed by atoms with Crippen LogP contribution >= 0.6 is 0 Å². The number of ether oxygens (including phenoxy) is 3. The highest BCUT2D eigenvalue weighted by Gasteiger charge is 2.34. The SMILES string of the molecule is COc1ccc([C@@H]2C(C#N)=C(N)Oc3cc(C)n(CCc4ccccc4)c(=O)c32)cc1OC. The average Bonchev–Trinajstić information content (AvgIpc) is 2.83. The molecule has 0 aliphatic carbocycles. The largest absolute Gasteiger partial charge is 0.493 e. The summed E-state index contributed by atoms with van der Waals surface area (Å²) < 4.78 is 18.2. The van der Waals surface area contributed by atoms with E-state index in [-0.39, 0.29) is 17.0 Å². The fourth-order valence-electron chi connectivity index (χ4n) is 4.22. The normalized spacial score (nSPS) is 14.8. The summed E-state index contributed by atoms with van der Waals surface area (Å²) in [4.78, 5) is 13.7. The molecule has 2 aromatic carbocycles. The smallest absolute Gasteiger partial charge is 0.258 e. The molecule has 0 bridgehead atoms. The number of nitrogens with zero attached hydrogens (tertiary/aromatic N) is 2. The second-order valence-electron chi connectivity index (χ2n) is 7.80. The van der Waals surface area contributed by atoms with Crippen LogP contribution in [0.25, 0.3) is 0 Å². The lowest BCUT2D eigenvalue weighted by molar-refractivity contribution is 0.354. The van der Waals surface area contributed by atoms with E-state index in [0.717, 1.165) is 11.3 Å². The van der Waals surface area contributed by atoms with Gasteiger partial charge in [-0.25, -0.2) is 0 Å². The lowest BCUT2D eigenvalue weighted by Crippen LogP contribution is -2.33. The summed E-state index contributed by atoms with van der Waals surface area (Å²) in [6.07, 6.45) is 0.700. The van der Waals surface area contributed by atoms with Crippen molar-refractivity contribution >= 4 is 0 Å². The quantitative estimate of drug-likeness (QED) is 0.625. The molecule has 7 heteroatoms. The molecule has 1 aliphatic heterocycles. The van der Waals surface area contributed by atoms with Crippen LogP contribution in [0, 0.1) is 18.3 Å². The molecule has 0 radical (unpaired) electrons. The molecule has 0 spiro atoms. The molecule has 1 aliphatic rings. The highest BCUT2D eigenvalue weighted by atomic mass is 16.5. The zero-order valence-electron chi connectivity index (χ0n) is 18.8. The number of allylic oxidation sites excluding steroid dienone is 1. The van der Waals surface area contributed by atoms with E-state index in [1.165, 1.54) is 7.11 Å². The maximum atomic E-state index is 13.7. The molecular formula is C26H25N3O4. The van der Waals surface area contributed by atoms with E-state index >= 15 is 0 Å². The Bertz CT molecular complexity index is 1320. The maximum absolute atomic E-state index is 13.7. The highest BCUT2D eigenvalue weighted by Crippen LogP contribution is 2.42. The van der Waals surface area contributed by atoms with Crippen LogP contribution in [-0.2, 0) is 13.0 Å². The van der Waals surface area contributed by atoms with Crippen LogP contribution in [0.15, 0.2) is 70.8 Å². The van der Waals surface area contributed by atoms with Crippen molar-refractivity contribution in [3.8, 4) is 23.3 Å². The van der Waals surface area contributed by atoms with Gasteiger partial charge in [0.05, 0.1) is 25.7 Å². The lowest BCUT2D eigenvalue weighted by atomic mass is 9.84. The van der Waals surface area contributed by atoms with Crippen LogP contribution in [0.5, 0.6) is 17.2 Å². The van der Waals surface area contributed by atoms with Gasteiger partial charge < -0.3 is 24.5 Å². The van der Waals surface area contributed by atoms with E-state index in [4.69, 9.17) is 19.9 Å². The highest BCUT2D eigenvalue weighted by molar-refractivity contribution is 5.57. The summed E-state index contributed by atoms with van der Waals surface area (Å²) in [5.74, 6) is 0.716. The molecule has 2 N–H and O–H groups in total. The molecule has 3 aromatic rings. The van der Waals surface area contributed by atoms with Crippen LogP contribution in [0.3, 0.4) is 0 Å². The molecule has 0 saturated heterocycles. The van der Waals surface area contributed by atoms with Gasteiger partial charge in [0.1, 0.15) is 17.4 Å². The maximum Gasteiger partial charge on any atom is 0.258 e. The molecule has 2 heterocycles. The van der Waals surface area contributed by atoms with Crippen LogP contribution in [0.4, 0.5) is 0 Å². The third kappa shape index (κ3) is 4.03. The first-order chi connectivity index (χ1) is 16.0. The van der Waals surface area contributed by atoms with E-state index < -0.39 is 5.92 Å². The van der Waals surface area contributed by atoms with Crippen molar-refractivity contribution in [3.63, 3.8) is 0 Å². The number of methoxy groups -OCH3 is 2. The second kappa shape index (κ2) is 9.13. The number of aryl methyl sites for hydroxylation is 2. The second-order valence-corrected chi connectivity index (χ2v) is 7.80. The Morgan fingerprint density at radius 3 is 2.48 bits per heavy atom. The van der Waals surface area contributed by atoms with Crippen molar-refractivity contribution in [2.75, 3.05) is 14.2 Å². The Hall–Kier alpha value is -4.18. The fourth-order valence-corrected chi connectivity index (χ4v) is 4.22. The minimum atomic E-state index is -0.686. The summed E-state index contributed by atoms with van der Waals surface area (Å²) in [5, 5.41) is 9.88. The van der Waals surface area contributed by atoms with E-state index in [1.807, 2.05) is 37.3 Å². The Labute approximate surface area is 192 Å². The van der Waals surface area contributed by atoms with Crippen molar-refractivity contribution in [1.82, 2.24) is 4.57 Å². The van der Waals surface area contributed by atoms with E-state index in [2.05, 4.69) is 6.07 Å². The third-order valence-corrected chi connectivity index (χ3v) is 5.90. The van der Waals surface area contributed by atoms with Gasteiger partial charge in [0.25, 0.3) is 5.56 Å². The van der Waals surface area contributed by atoms with E-state index in [1.54, 1.807) is 35.9 Å². The predicted octanol–water partition coefficient (Wildman–Crippen LogP) is 3.63. The predicted molar refractivity (Wildman–Crippen MR) is 124 cm³/mol. The summed E-state index contributed by atoms with van der Waals surface area (Å²) in [6.45, 7) is 2.36. The molecule has 168 valence electrons. The molecule has 0 saturated carbocycles. The Morgan fingerprint density at radius 1 is 1.09 bits per heavy atom. The first kappa shape index (κ1) is 22.0. The van der Waals surface area contributed by atoms with Gasteiger partial charge in [0, 0.05) is 18.3 Å². The van der Waals surface area contributed by atoms with Crippen LogP contribution in [0.1, 0.15) is 28.3 Å². The van der Waals surface area contributed by atoms with Crippen molar-refractivity contribution in [2.45, 2.75) is 25.8 Å². The molecule has 1 aromatic heterocycles. The minimum Gasteiger partial charge on any atom is -0.493 e. The molecule has 1 atom stereocenters. The number of aromatic nitrogens is 1. The minimum absolute atomic E-state index is 0.00868. The summed E-state index contributed by atoms with van der Waals surface area (Å²) in [6, 6.07) is 19.2. The number of nitriles is 1. The fraction of sp³-hybridized carbons (Fsp3) is 0.231. The molecule has 33 heavy (non-hydrogen) atoms. The Morgan fingerprint density at radius 2 is 1.82 bits per heavy atom. The lowest BCUT2D eigenvalue weighted by Gasteiger charge is -2.27. The number of rotatable bonds is 6. The van der Waals surface area contributed by atoms with Gasteiger partial charge >= 0.3 is 0 Å².